The molecule has 7 heteroatoms. The van der Waals surface area contributed by atoms with Crippen molar-refractivity contribution in [2.75, 3.05) is 0 Å². The highest BCUT2D eigenvalue weighted by molar-refractivity contribution is 9.10. The van der Waals surface area contributed by atoms with Crippen molar-refractivity contribution in [2.24, 2.45) is 5.92 Å². The van der Waals surface area contributed by atoms with Crippen LogP contribution in [0.15, 0.2) is 33.6 Å². The van der Waals surface area contributed by atoms with Crippen LogP contribution in [0.3, 0.4) is 0 Å². The topological polar surface area (TPSA) is 75.6 Å². The molecule has 1 rings (SSSR count). The molecule has 0 aliphatic carbocycles. The van der Waals surface area contributed by atoms with Gasteiger partial charge in [-0.25, -0.2) is 13.1 Å². The van der Waals surface area contributed by atoms with Gasteiger partial charge in [0.25, 0.3) is 0 Å². The van der Waals surface area contributed by atoms with Gasteiger partial charge in [0, 0.05) is 4.47 Å². The Hall–Kier alpha value is -0.470. The lowest BCUT2D eigenvalue weighted by Crippen LogP contribution is -2.49. The van der Waals surface area contributed by atoms with Gasteiger partial charge in [-0.1, -0.05) is 29.8 Å². The second kappa shape index (κ2) is 7.40. The molecule has 2 N–H and O–H groups in total. The summed E-state index contributed by atoms with van der Waals surface area (Å²) < 4.78 is 33.7. The quantitative estimate of drug-likeness (QED) is 0.728. The first-order valence-electron chi connectivity index (χ1n) is 7.06. The Labute approximate surface area is 141 Å². The number of hydrogen-bond acceptors (Lipinski definition) is 4. The number of aliphatic hydroxyl groups excluding tert-OH is 1. The molecule has 0 radical (unpaired) electrons. The molecule has 126 valence electrons. The summed E-state index contributed by atoms with van der Waals surface area (Å²) in [5.74, 6) is -0.137. The van der Waals surface area contributed by atoms with Crippen LogP contribution < -0.4 is 4.72 Å². The van der Waals surface area contributed by atoms with Crippen LogP contribution in [0.1, 0.15) is 34.6 Å². The predicted molar refractivity (Wildman–Crippen MR) is 89.9 cm³/mol. The number of rotatable bonds is 6. The van der Waals surface area contributed by atoms with Gasteiger partial charge >= 0.3 is 0 Å². The summed E-state index contributed by atoms with van der Waals surface area (Å²) in [4.78, 5) is 0.143. The number of ether oxygens (including phenoxy) is 1. The van der Waals surface area contributed by atoms with Gasteiger partial charge in [-0.3, -0.25) is 0 Å². The maximum absolute atomic E-state index is 12.4. The van der Waals surface area contributed by atoms with Gasteiger partial charge in [0.2, 0.25) is 10.0 Å². The highest BCUT2D eigenvalue weighted by Gasteiger charge is 2.31. The van der Waals surface area contributed by atoms with E-state index >= 15 is 0 Å². The second-order valence-corrected chi connectivity index (χ2v) is 9.10. The number of benzene rings is 1. The molecule has 1 aromatic carbocycles. The lowest BCUT2D eigenvalue weighted by molar-refractivity contribution is -0.182. The van der Waals surface area contributed by atoms with Gasteiger partial charge in [0.15, 0.2) is 6.29 Å². The summed E-state index contributed by atoms with van der Waals surface area (Å²) in [6, 6.07) is 5.57. The smallest absolute Gasteiger partial charge is 0.241 e. The number of halogens is 1. The van der Waals surface area contributed by atoms with E-state index in [9.17, 15) is 13.5 Å². The van der Waals surface area contributed by atoms with E-state index in [2.05, 4.69) is 20.7 Å². The standard InChI is InChI=1S/C15H24BrNO4S/c1-10(2)13(14(18)21-15(3,4)5)17-22(19,20)12-8-6-11(16)7-9-12/h6-10,13-14,17-18H,1-5H3/t13-,14?/m1/s1. The molecule has 0 saturated carbocycles. The fraction of sp³-hybridized carbons (Fsp3) is 0.600. The summed E-state index contributed by atoms with van der Waals surface area (Å²) in [6.07, 6.45) is -1.23. The Kier molecular flexibility index (Phi) is 6.58. The molecule has 5 nitrogen and oxygen atoms in total. The van der Waals surface area contributed by atoms with Crippen LogP contribution >= 0.6 is 15.9 Å². The third-order valence-electron chi connectivity index (χ3n) is 2.91. The van der Waals surface area contributed by atoms with Gasteiger partial charge in [0.1, 0.15) is 0 Å². The molecule has 0 heterocycles. The average molecular weight is 394 g/mol. The molecule has 22 heavy (non-hydrogen) atoms. The van der Waals surface area contributed by atoms with E-state index in [1.54, 1.807) is 32.9 Å². The number of nitrogens with one attached hydrogen (secondary N) is 1. The Morgan fingerprint density at radius 3 is 2.09 bits per heavy atom. The minimum absolute atomic E-state index is 0.137. The van der Waals surface area contributed by atoms with Crippen molar-refractivity contribution < 1.29 is 18.3 Å². The molecule has 0 amide bonds. The van der Waals surface area contributed by atoms with Crippen LogP contribution in [0.25, 0.3) is 0 Å². The molecule has 1 unspecified atom stereocenters. The van der Waals surface area contributed by atoms with Crippen molar-refractivity contribution in [3.05, 3.63) is 28.7 Å². The SMILES string of the molecule is CC(C)[C@@H](NS(=O)(=O)c1ccc(Br)cc1)C(O)OC(C)(C)C. The monoisotopic (exact) mass is 393 g/mol. The summed E-state index contributed by atoms with van der Waals surface area (Å²) in [6.45, 7) is 9.05. The van der Waals surface area contributed by atoms with Crippen LogP contribution in [-0.2, 0) is 14.8 Å². The van der Waals surface area contributed by atoms with E-state index in [1.165, 1.54) is 12.1 Å². The Balaban J connectivity index is 2.97. The molecule has 0 spiro atoms. The van der Waals surface area contributed by atoms with E-state index in [0.717, 1.165) is 4.47 Å². The average Bonchev–Trinajstić information content (AvgIpc) is 2.34. The lowest BCUT2D eigenvalue weighted by atomic mass is 10.0. The van der Waals surface area contributed by atoms with Crippen LogP contribution in [0.4, 0.5) is 0 Å². The van der Waals surface area contributed by atoms with E-state index in [-0.39, 0.29) is 10.8 Å². The van der Waals surface area contributed by atoms with Crippen LogP contribution in [-0.4, -0.2) is 31.5 Å². The van der Waals surface area contributed by atoms with Crippen molar-refractivity contribution in [3.8, 4) is 0 Å². The maximum Gasteiger partial charge on any atom is 0.241 e. The number of hydrogen-bond donors (Lipinski definition) is 2. The fourth-order valence-corrected chi connectivity index (χ4v) is 3.46. The normalized spacial score (nSPS) is 15.8. The molecular formula is C15H24BrNO4S. The second-order valence-electron chi connectivity index (χ2n) is 6.47. The largest absolute Gasteiger partial charge is 0.367 e. The Morgan fingerprint density at radius 2 is 1.68 bits per heavy atom. The minimum atomic E-state index is -3.73. The molecule has 0 fully saturated rings. The maximum atomic E-state index is 12.4. The first kappa shape index (κ1) is 19.6. The van der Waals surface area contributed by atoms with Crippen LogP contribution in [0, 0.1) is 5.92 Å². The van der Waals surface area contributed by atoms with Crippen molar-refractivity contribution in [3.63, 3.8) is 0 Å². The molecule has 0 bridgehead atoms. The molecule has 0 saturated heterocycles. The van der Waals surface area contributed by atoms with Crippen molar-refractivity contribution in [1.82, 2.24) is 4.72 Å². The first-order valence-corrected chi connectivity index (χ1v) is 9.34. The zero-order valence-electron chi connectivity index (χ0n) is 13.5. The first-order chi connectivity index (χ1) is 9.92. The van der Waals surface area contributed by atoms with Crippen LogP contribution in [0.2, 0.25) is 0 Å². The lowest BCUT2D eigenvalue weighted by Gasteiger charge is -2.32. The number of sulfonamides is 1. The van der Waals surface area contributed by atoms with E-state index < -0.39 is 28.0 Å². The third kappa shape index (κ3) is 5.96. The van der Waals surface area contributed by atoms with Crippen molar-refractivity contribution >= 4 is 26.0 Å². The zero-order chi connectivity index (χ0) is 17.1. The summed E-state index contributed by atoms with van der Waals surface area (Å²) in [7, 11) is -3.73. The minimum Gasteiger partial charge on any atom is -0.367 e. The summed E-state index contributed by atoms with van der Waals surface area (Å²) in [5, 5.41) is 10.2. The predicted octanol–water partition coefficient (Wildman–Crippen LogP) is 2.89. The van der Waals surface area contributed by atoms with Crippen molar-refractivity contribution in [1.29, 1.82) is 0 Å². The van der Waals surface area contributed by atoms with E-state index in [1.807, 2.05) is 13.8 Å². The highest BCUT2D eigenvalue weighted by Crippen LogP contribution is 2.19. The van der Waals surface area contributed by atoms with Gasteiger partial charge in [-0.05, 0) is 51.0 Å². The van der Waals surface area contributed by atoms with Gasteiger partial charge in [0.05, 0.1) is 16.5 Å². The van der Waals surface area contributed by atoms with Crippen LogP contribution in [0.5, 0.6) is 0 Å². The van der Waals surface area contributed by atoms with E-state index in [4.69, 9.17) is 4.74 Å². The third-order valence-corrected chi connectivity index (χ3v) is 4.92. The van der Waals surface area contributed by atoms with Crippen molar-refractivity contribution in [2.45, 2.75) is 57.4 Å². The molecule has 2 atom stereocenters. The molecule has 0 aliphatic heterocycles. The van der Waals surface area contributed by atoms with Gasteiger partial charge in [-0.15, -0.1) is 0 Å². The van der Waals surface area contributed by atoms with Gasteiger partial charge < -0.3 is 9.84 Å². The van der Waals surface area contributed by atoms with E-state index in [0.29, 0.717) is 0 Å². The molecular weight excluding hydrogens is 370 g/mol. The summed E-state index contributed by atoms with van der Waals surface area (Å²) in [5.41, 5.74) is -0.574. The van der Waals surface area contributed by atoms with Gasteiger partial charge in [-0.2, -0.15) is 0 Å². The molecule has 0 aromatic heterocycles. The molecule has 0 aliphatic rings. The zero-order valence-corrected chi connectivity index (χ0v) is 15.9. The molecule has 1 aromatic rings. The summed E-state index contributed by atoms with van der Waals surface area (Å²) >= 11 is 3.27. The fourth-order valence-electron chi connectivity index (χ4n) is 1.82. The Bertz CT molecular complexity index is 579. The number of aliphatic hydroxyl groups is 1. The Morgan fingerprint density at radius 1 is 1.18 bits per heavy atom. The highest BCUT2D eigenvalue weighted by atomic mass is 79.9.